The number of phosphoric ester groups is 1. The summed E-state index contributed by atoms with van der Waals surface area (Å²) in [5, 5.41) is 0. The third-order valence-electron chi connectivity index (χ3n) is 6.38. The van der Waals surface area contributed by atoms with Crippen LogP contribution in [0.2, 0.25) is 0 Å². The molecular formula is C28H55O8P. The fraction of sp³-hybridized carbons (Fsp3) is 0.929. The first-order chi connectivity index (χ1) is 17.8. The normalized spacial score (nSPS) is 12.4. The predicted octanol–water partition coefficient (Wildman–Crippen LogP) is 7.78. The second-order valence-corrected chi connectivity index (χ2v) is 11.3. The van der Waals surface area contributed by atoms with Gasteiger partial charge >= 0.3 is 19.8 Å². The second-order valence-electron chi connectivity index (χ2n) is 10.1. The highest BCUT2D eigenvalue weighted by atomic mass is 31.2. The number of unbranched alkanes of at least 4 members (excludes halogenated alkanes) is 17. The molecule has 9 heteroatoms. The average Bonchev–Trinajstić information content (AvgIpc) is 2.85. The summed E-state index contributed by atoms with van der Waals surface area (Å²) in [4.78, 5) is 42.0. The van der Waals surface area contributed by atoms with Crippen LogP contribution in [0.3, 0.4) is 0 Å². The number of rotatable bonds is 27. The van der Waals surface area contributed by atoms with E-state index in [9.17, 15) is 14.2 Å². The lowest BCUT2D eigenvalue weighted by Crippen LogP contribution is -2.29. The Kier molecular flexibility index (Phi) is 24.7. The highest BCUT2D eigenvalue weighted by molar-refractivity contribution is 7.46. The van der Waals surface area contributed by atoms with E-state index in [1.807, 2.05) is 0 Å². The lowest BCUT2D eigenvalue weighted by atomic mass is 10.0. The van der Waals surface area contributed by atoms with Gasteiger partial charge in [0.1, 0.15) is 6.61 Å². The van der Waals surface area contributed by atoms with Crippen molar-refractivity contribution < 1.29 is 37.9 Å². The first-order valence-electron chi connectivity index (χ1n) is 14.8. The highest BCUT2D eigenvalue weighted by Gasteiger charge is 2.22. The van der Waals surface area contributed by atoms with E-state index in [1.54, 1.807) is 0 Å². The number of phosphoric acid groups is 1. The first kappa shape index (κ1) is 36.0. The van der Waals surface area contributed by atoms with E-state index in [-0.39, 0.29) is 19.4 Å². The van der Waals surface area contributed by atoms with E-state index in [0.717, 1.165) is 44.9 Å². The molecule has 0 aromatic heterocycles. The van der Waals surface area contributed by atoms with E-state index in [4.69, 9.17) is 19.3 Å². The van der Waals surface area contributed by atoms with Crippen molar-refractivity contribution >= 4 is 19.8 Å². The van der Waals surface area contributed by atoms with Crippen LogP contribution >= 0.6 is 7.82 Å². The summed E-state index contributed by atoms with van der Waals surface area (Å²) >= 11 is 0. The molecule has 0 amide bonds. The van der Waals surface area contributed by atoms with Crippen molar-refractivity contribution in [1.82, 2.24) is 0 Å². The van der Waals surface area contributed by atoms with Gasteiger partial charge < -0.3 is 19.3 Å². The van der Waals surface area contributed by atoms with E-state index in [1.165, 1.54) is 70.6 Å². The van der Waals surface area contributed by atoms with Gasteiger partial charge in [0.15, 0.2) is 6.10 Å². The van der Waals surface area contributed by atoms with Gasteiger partial charge in [-0.05, 0) is 12.8 Å². The largest absolute Gasteiger partial charge is 0.469 e. The van der Waals surface area contributed by atoms with Gasteiger partial charge in [-0.25, -0.2) is 4.57 Å². The molecule has 0 radical (unpaired) electrons. The average molecular weight is 551 g/mol. The predicted molar refractivity (Wildman–Crippen MR) is 147 cm³/mol. The van der Waals surface area contributed by atoms with Crippen molar-refractivity contribution in [2.45, 2.75) is 155 Å². The summed E-state index contributed by atoms with van der Waals surface area (Å²) in [5.74, 6) is -0.894. The molecule has 0 heterocycles. The summed E-state index contributed by atoms with van der Waals surface area (Å²) < 4.78 is 25.9. The zero-order valence-corrected chi connectivity index (χ0v) is 24.5. The van der Waals surface area contributed by atoms with Gasteiger partial charge in [0.2, 0.25) is 0 Å². The monoisotopic (exact) mass is 550 g/mol. The Morgan fingerprint density at radius 1 is 0.595 bits per heavy atom. The Morgan fingerprint density at radius 2 is 0.973 bits per heavy atom. The van der Waals surface area contributed by atoms with Crippen LogP contribution in [-0.4, -0.2) is 41.0 Å². The van der Waals surface area contributed by atoms with Gasteiger partial charge in [0.05, 0.1) is 6.61 Å². The van der Waals surface area contributed by atoms with Crippen LogP contribution in [0.1, 0.15) is 149 Å². The topological polar surface area (TPSA) is 119 Å². The van der Waals surface area contributed by atoms with Crippen LogP contribution in [0.5, 0.6) is 0 Å². The standard InChI is InChI=1S/C28H55O8P/c1-3-5-7-9-10-11-12-13-14-15-16-17-19-21-23-28(30)36-26(25-35-37(31,32)33)24-34-27(29)22-20-18-8-6-4-2/h26H,3-25H2,1-2H3,(H2,31,32,33). The molecule has 2 N–H and O–H groups in total. The van der Waals surface area contributed by atoms with Crippen molar-refractivity contribution in [3.63, 3.8) is 0 Å². The van der Waals surface area contributed by atoms with E-state index in [0.29, 0.717) is 6.42 Å². The first-order valence-corrected chi connectivity index (χ1v) is 16.4. The minimum Gasteiger partial charge on any atom is -0.462 e. The van der Waals surface area contributed by atoms with Crippen molar-refractivity contribution in [3.05, 3.63) is 0 Å². The van der Waals surface area contributed by atoms with Crippen molar-refractivity contribution in [3.8, 4) is 0 Å². The van der Waals surface area contributed by atoms with Gasteiger partial charge in [0, 0.05) is 12.8 Å². The van der Waals surface area contributed by atoms with Crippen LogP contribution in [0.4, 0.5) is 0 Å². The minimum absolute atomic E-state index is 0.218. The Labute approximate surface area is 225 Å². The summed E-state index contributed by atoms with van der Waals surface area (Å²) in [5.41, 5.74) is 0. The van der Waals surface area contributed by atoms with Crippen LogP contribution < -0.4 is 0 Å². The fourth-order valence-electron chi connectivity index (χ4n) is 4.14. The van der Waals surface area contributed by atoms with E-state index >= 15 is 0 Å². The number of carbonyl (C=O) groups excluding carboxylic acids is 2. The number of hydrogen-bond donors (Lipinski definition) is 2. The fourth-order valence-corrected chi connectivity index (χ4v) is 4.50. The molecule has 0 rings (SSSR count). The van der Waals surface area contributed by atoms with Crippen molar-refractivity contribution in [2.75, 3.05) is 13.2 Å². The molecule has 8 nitrogen and oxygen atoms in total. The van der Waals surface area contributed by atoms with Crippen LogP contribution in [0.15, 0.2) is 0 Å². The zero-order chi connectivity index (χ0) is 27.6. The molecule has 1 atom stereocenters. The number of hydrogen-bond acceptors (Lipinski definition) is 6. The third kappa shape index (κ3) is 27.9. The Bertz CT molecular complexity index is 593. The third-order valence-corrected chi connectivity index (χ3v) is 6.86. The molecule has 0 bridgehead atoms. The van der Waals surface area contributed by atoms with Gasteiger partial charge in [0.25, 0.3) is 0 Å². The molecule has 0 spiro atoms. The summed E-state index contributed by atoms with van der Waals surface area (Å²) in [7, 11) is -4.72. The van der Waals surface area contributed by atoms with Crippen molar-refractivity contribution in [2.24, 2.45) is 0 Å². The van der Waals surface area contributed by atoms with Gasteiger partial charge in [-0.3, -0.25) is 14.1 Å². The number of ether oxygens (including phenoxy) is 2. The Hall–Kier alpha value is -0.950. The lowest BCUT2D eigenvalue weighted by Gasteiger charge is -2.18. The maximum atomic E-state index is 12.2. The molecule has 0 saturated carbocycles. The van der Waals surface area contributed by atoms with Crippen LogP contribution in [0, 0.1) is 0 Å². The van der Waals surface area contributed by atoms with Crippen LogP contribution in [0.25, 0.3) is 0 Å². The van der Waals surface area contributed by atoms with Crippen LogP contribution in [-0.2, 0) is 28.2 Å². The molecule has 0 saturated heterocycles. The highest BCUT2D eigenvalue weighted by Crippen LogP contribution is 2.35. The molecule has 0 aliphatic heterocycles. The number of carbonyl (C=O) groups is 2. The molecule has 0 fully saturated rings. The van der Waals surface area contributed by atoms with Gasteiger partial charge in [-0.2, -0.15) is 0 Å². The molecule has 220 valence electrons. The molecule has 0 aliphatic rings. The minimum atomic E-state index is -4.72. The van der Waals surface area contributed by atoms with Gasteiger partial charge in [-0.15, -0.1) is 0 Å². The quantitative estimate of drug-likeness (QED) is 0.0604. The summed E-state index contributed by atoms with van der Waals surface area (Å²) in [6.45, 7) is 3.56. The molecular weight excluding hydrogens is 495 g/mol. The molecule has 37 heavy (non-hydrogen) atoms. The Morgan fingerprint density at radius 3 is 1.38 bits per heavy atom. The molecule has 1 unspecified atom stereocenters. The number of esters is 2. The Balaban J connectivity index is 3.96. The van der Waals surface area contributed by atoms with Crippen molar-refractivity contribution in [1.29, 1.82) is 0 Å². The SMILES string of the molecule is CCCCCCCCCCCCCCCCC(=O)OC(COC(=O)CCCCCCC)COP(=O)(O)O. The van der Waals surface area contributed by atoms with E-state index in [2.05, 4.69) is 18.4 Å². The molecule has 0 aliphatic carbocycles. The maximum absolute atomic E-state index is 12.2. The molecule has 0 aromatic carbocycles. The zero-order valence-electron chi connectivity index (χ0n) is 23.6. The summed E-state index contributed by atoms with van der Waals surface area (Å²) in [6, 6.07) is 0. The maximum Gasteiger partial charge on any atom is 0.469 e. The lowest BCUT2D eigenvalue weighted by molar-refractivity contribution is -0.161. The van der Waals surface area contributed by atoms with Gasteiger partial charge in [-0.1, -0.05) is 123 Å². The van der Waals surface area contributed by atoms with E-state index < -0.39 is 32.5 Å². The second kappa shape index (κ2) is 25.3. The summed E-state index contributed by atoms with van der Waals surface area (Å²) in [6.07, 6.45) is 21.6. The molecule has 0 aromatic rings. The smallest absolute Gasteiger partial charge is 0.462 e.